The minimum atomic E-state index is -0.152. The fourth-order valence-corrected chi connectivity index (χ4v) is 6.44. The molecule has 3 saturated heterocycles. The smallest absolute Gasteiger partial charge is 0.152 e. The number of aliphatic hydroxyl groups is 1. The molecule has 0 saturated carbocycles. The van der Waals surface area contributed by atoms with Crippen LogP contribution in [0.15, 0.2) is 28.4 Å². The largest absolute Gasteiger partial charge is 0.390 e. The van der Waals surface area contributed by atoms with Gasteiger partial charge in [0.15, 0.2) is 5.82 Å². The fourth-order valence-electron chi connectivity index (χ4n) is 5.30. The van der Waals surface area contributed by atoms with Gasteiger partial charge in [0, 0.05) is 37.8 Å². The van der Waals surface area contributed by atoms with Gasteiger partial charge in [-0.3, -0.25) is 0 Å². The predicted molar refractivity (Wildman–Crippen MR) is 133 cm³/mol. The number of anilines is 2. The minimum Gasteiger partial charge on any atom is -0.390 e. The van der Waals surface area contributed by atoms with E-state index in [1.165, 1.54) is 11.8 Å². The number of methoxy groups -OCH3 is 1. The van der Waals surface area contributed by atoms with Crippen molar-refractivity contribution in [2.45, 2.75) is 61.3 Å². The van der Waals surface area contributed by atoms with E-state index in [9.17, 15) is 5.11 Å². The van der Waals surface area contributed by atoms with E-state index in [-0.39, 0.29) is 6.61 Å². The number of rotatable bonds is 7. The van der Waals surface area contributed by atoms with E-state index in [0.29, 0.717) is 39.9 Å². The first-order chi connectivity index (χ1) is 16.5. The molecule has 1 N–H and O–H groups in total. The van der Waals surface area contributed by atoms with Crippen molar-refractivity contribution in [3.05, 3.63) is 29.2 Å². The quantitative estimate of drug-likeness (QED) is 0.604. The van der Waals surface area contributed by atoms with Gasteiger partial charge >= 0.3 is 0 Å². The van der Waals surface area contributed by atoms with Crippen LogP contribution in [0.3, 0.4) is 0 Å². The second-order valence-corrected chi connectivity index (χ2v) is 11.0. The normalized spacial score (nSPS) is 24.0. The molecular formula is C24H32ClN5O3S. The summed E-state index contributed by atoms with van der Waals surface area (Å²) in [5.74, 6) is 1.55. The molecule has 0 aromatic carbocycles. The van der Waals surface area contributed by atoms with Gasteiger partial charge in [0.25, 0.3) is 0 Å². The second-order valence-electron chi connectivity index (χ2n) is 9.59. The molecule has 5 heterocycles. The van der Waals surface area contributed by atoms with Crippen LogP contribution >= 0.6 is 23.4 Å². The highest BCUT2D eigenvalue weighted by molar-refractivity contribution is 7.99. The van der Waals surface area contributed by atoms with Gasteiger partial charge in [-0.15, -0.1) is 0 Å². The zero-order valence-electron chi connectivity index (χ0n) is 19.7. The van der Waals surface area contributed by atoms with Crippen molar-refractivity contribution in [2.24, 2.45) is 5.41 Å². The summed E-state index contributed by atoms with van der Waals surface area (Å²) >= 11 is 8.19. The molecule has 5 rings (SSSR count). The van der Waals surface area contributed by atoms with Crippen LogP contribution in [0, 0.1) is 5.41 Å². The lowest BCUT2D eigenvalue weighted by Crippen LogP contribution is -2.50. The molecule has 8 nitrogen and oxygen atoms in total. The zero-order valence-corrected chi connectivity index (χ0v) is 21.3. The molecule has 184 valence electrons. The molecule has 2 aromatic heterocycles. The number of aliphatic hydroxyl groups excluding tert-OH is 1. The third-order valence-electron chi connectivity index (χ3n) is 7.29. The van der Waals surface area contributed by atoms with Gasteiger partial charge in [-0.2, -0.15) is 0 Å². The second kappa shape index (κ2) is 10.1. The Morgan fingerprint density at radius 3 is 2.74 bits per heavy atom. The molecule has 3 aliphatic heterocycles. The fraction of sp³-hybridized carbons (Fsp3) is 0.625. The Labute approximate surface area is 210 Å². The molecule has 2 aromatic rings. The Bertz CT molecular complexity index is 1020. The highest BCUT2D eigenvalue weighted by Gasteiger charge is 2.41. The molecule has 34 heavy (non-hydrogen) atoms. The van der Waals surface area contributed by atoms with Crippen LogP contribution in [0.4, 0.5) is 11.6 Å². The number of ether oxygens (including phenoxy) is 2. The molecule has 1 spiro atoms. The van der Waals surface area contributed by atoms with Gasteiger partial charge in [-0.1, -0.05) is 23.4 Å². The molecule has 3 aliphatic rings. The highest BCUT2D eigenvalue weighted by Crippen LogP contribution is 2.43. The van der Waals surface area contributed by atoms with Crippen LogP contribution in [-0.2, 0) is 16.1 Å². The van der Waals surface area contributed by atoms with Crippen molar-refractivity contribution in [1.82, 2.24) is 15.0 Å². The topological polar surface area (TPSA) is 83.8 Å². The maximum Gasteiger partial charge on any atom is 0.152 e. The number of nitrogens with zero attached hydrogens (tertiary/aromatic N) is 5. The average molecular weight is 506 g/mol. The molecule has 1 unspecified atom stereocenters. The van der Waals surface area contributed by atoms with E-state index in [4.69, 9.17) is 31.0 Å². The summed E-state index contributed by atoms with van der Waals surface area (Å²) < 4.78 is 11.2. The van der Waals surface area contributed by atoms with Crippen LogP contribution in [-0.4, -0.2) is 72.2 Å². The first-order valence-electron chi connectivity index (χ1n) is 11.9. The Morgan fingerprint density at radius 1 is 1.26 bits per heavy atom. The van der Waals surface area contributed by atoms with Crippen molar-refractivity contribution in [1.29, 1.82) is 0 Å². The maximum absolute atomic E-state index is 10.1. The van der Waals surface area contributed by atoms with E-state index in [0.717, 1.165) is 68.5 Å². The van der Waals surface area contributed by atoms with Gasteiger partial charge in [0.2, 0.25) is 0 Å². The van der Waals surface area contributed by atoms with Crippen molar-refractivity contribution >= 4 is 35.0 Å². The lowest BCUT2D eigenvalue weighted by molar-refractivity contribution is 0.0975. The summed E-state index contributed by atoms with van der Waals surface area (Å²) in [5.41, 5.74) is 0.901. The van der Waals surface area contributed by atoms with E-state index in [2.05, 4.69) is 21.7 Å². The van der Waals surface area contributed by atoms with Crippen LogP contribution in [0.2, 0.25) is 5.02 Å². The van der Waals surface area contributed by atoms with Crippen molar-refractivity contribution in [3.8, 4) is 0 Å². The Balaban J connectivity index is 1.29. The Kier molecular flexibility index (Phi) is 7.18. The SMILES string of the molecule is COCC1CCN1c1nccc(Sc2cnc(N3CCC4(CC3)CO[C@@H](C)C4)c(CO)n2)c1Cl. The molecule has 10 heteroatoms. The number of hydrogen-bond acceptors (Lipinski definition) is 9. The molecule has 3 fully saturated rings. The van der Waals surface area contributed by atoms with Crippen molar-refractivity contribution in [2.75, 3.05) is 49.8 Å². The van der Waals surface area contributed by atoms with Gasteiger partial charge in [0.1, 0.15) is 16.5 Å². The molecular weight excluding hydrogens is 474 g/mol. The maximum atomic E-state index is 10.1. The van der Waals surface area contributed by atoms with Crippen molar-refractivity contribution in [3.63, 3.8) is 0 Å². The summed E-state index contributed by atoms with van der Waals surface area (Å²) in [5, 5.41) is 11.4. The summed E-state index contributed by atoms with van der Waals surface area (Å²) in [6.07, 6.45) is 8.26. The zero-order chi connectivity index (χ0) is 23.7. The number of pyridine rings is 1. The summed E-state index contributed by atoms with van der Waals surface area (Å²) in [4.78, 5) is 19.3. The molecule has 0 radical (unpaired) electrons. The van der Waals surface area contributed by atoms with E-state index in [1.54, 1.807) is 19.5 Å². The summed E-state index contributed by atoms with van der Waals surface area (Å²) in [7, 11) is 1.71. The van der Waals surface area contributed by atoms with Gasteiger partial charge in [0.05, 0.1) is 43.2 Å². The van der Waals surface area contributed by atoms with Gasteiger partial charge < -0.3 is 24.4 Å². The summed E-state index contributed by atoms with van der Waals surface area (Å²) in [6, 6.07) is 2.20. The minimum absolute atomic E-state index is 0.152. The van der Waals surface area contributed by atoms with Crippen LogP contribution in [0.1, 0.15) is 38.3 Å². The third-order valence-corrected chi connectivity index (χ3v) is 8.74. The van der Waals surface area contributed by atoms with Crippen molar-refractivity contribution < 1.29 is 14.6 Å². The lowest BCUT2D eigenvalue weighted by atomic mass is 9.77. The number of piperidine rings is 1. The van der Waals surface area contributed by atoms with Gasteiger partial charge in [-0.25, -0.2) is 15.0 Å². The van der Waals surface area contributed by atoms with E-state index in [1.807, 2.05) is 6.07 Å². The molecule has 0 amide bonds. The number of halogens is 1. The predicted octanol–water partition coefficient (Wildman–Crippen LogP) is 3.79. The average Bonchev–Trinajstić information content (AvgIpc) is 3.19. The third kappa shape index (κ3) is 4.73. The summed E-state index contributed by atoms with van der Waals surface area (Å²) in [6.45, 7) is 6.25. The standard InChI is InChI=1S/C24H32ClN5O3S/c1-16-11-24(15-33-16)5-9-29(10-6-24)22-18(13-31)28-20(12-27-22)34-19-3-7-26-23(21(19)25)30-8-4-17(30)14-32-2/h3,7,12,16-17,31H,4-6,8-11,13-15H2,1-2H3/t16-,17?/m0/s1. The molecule has 2 atom stereocenters. The van der Waals surface area contributed by atoms with Gasteiger partial charge in [-0.05, 0) is 44.1 Å². The lowest BCUT2D eigenvalue weighted by Gasteiger charge is -2.42. The first-order valence-corrected chi connectivity index (χ1v) is 13.1. The van der Waals surface area contributed by atoms with Crippen LogP contribution in [0.5, 0.6) is 0 Å². The molecule has 0 bridgehead atoms. The van der Waals surface area contributed by atoms with Crippen LogP contribution < -0.4 is 9.80 Å². The monoisotopic (exact) mass is 505 g/mol. The number of aromatic nitrogens is 3. The Hall–Kier alpha value is -1.65. The van der Waals surface area contributed by atoms with Crippen LogP contribution in [0.25, 0.3) is 0 Å². The highest BCUT2D eigenvalue weighted by atomic mass is 35.5. The number of hydrogen-bond donors (Lipinski definition) is 1. The Morgan fingerprint density at radius 2 is 2.09 bits per heavy atom. The van der Waals surface area contributed by atoms with E-state index < -0.39 is 0 Å². The molecule has 0 aliphatic carbocycles. The van der Waals surface area contributed by atoms with E-state index >= 15 is 0 Å². The first kappa shape index (κ1) is 24.1.